The van der Waals surface area contributed by atoms with Gasteiger partial charge in [0, 0.05) is 12.1 Å². The van der Waals surface area contributed by atoms with Crippen LogP contribution in [0.4, 0.5) is 4.39 Å². The Bertz CT molecular complexity index is 451. The molecule has 0 aromatic heterocycles. The van der Waals surface area contributed by atoms with Gasteiger partial charge in [0.15, 0.2) is 0 Å². The van der Waals surface area contributed by atoms with Crippen molar-refractivity contribution < 1.29 is 9.18 Å². The fourth-order valence-corrected chi connectivity index (χ4v) is 1.58. The normalized spacial score (nSPS) is 14.4. The Morgan fingerprint density at radius 1 is 1.56 bits per heavy atom. The van der Waals surface area contributed by atoms with E-state index in [4.69, 9.17) is 17.3 Å². The quantitative estimate of drug-likeness (QED) is 0.885. The summed E-state index contributed by atoms with van der Waals surface area (Å²) in [4.78, 5) is 12.0. The molecule has 1 atom stereocenters. The van der Waals surface area contributed by atoms with E-state index in [0.717, 1.165) is 0 Å². The van der Waals surface area contributed by atoms with Gasteiger partial charge in [-0.2, -0.15) is 0 Å². The van der Waals surface area contributed by atoms with E-state index in [9.17, 15) is 9.18 Å². The maximum atomic E-state index is 13.0. The van der Waals surface area contributed by atoms with Gasteiger partial charge < -0.3 is 11.1 Å². The third kappa shape index (κ3) is 3.21. The number of hydrogen-bond acceptors (Lipinski definition) is 2. The largest absolute Gasteiger partial charge is 0.345 e. The highest BCUT2D eigenvalue weighted by atomic mass is 35.5. The van der Waals surface area contributed by atoms with Crippen molar-refractivity contribution >= 4 is 17.5 Å². The van der Waals surface area contributed by atoms with E-state index in [1.807, 2.05) is 20.8 Å². The lowest BCUT2D eigenvalue weighted by Crippen LogP contribution is -2.55. The minimum absolute atomic E-state index is 0.0679. The van der Waals surface area contributed by atoms with Crippen LogP contribution in [0.5, 0.6) is 0 Å². The second kappa shape index (κ2) is 5.67. The molecule has 5 heteroatoms. The predicted molar refractivity (Wildman–Crippen MR) is 71.2 cm³/mol. The Hall–Kier alpha value is -1.13. The van der Waals surface area contributed by atoms with E-state index in [1.165, 1.54) is 18.2 Å². The van der Waals surface area contributed by atoms with Gasteiger partial charge in [0.25, 0.3) is 5.91 Å². The highest BCUT2D eigenvalue weighted by Crippen LogP contribution is 2.19. The van der Waals surface area contributed by atoms with E-state index in [0.29, 0.717) is 12.1 Å². The second-order valence-corrected chi connectivity index (χ2v) is 5.27. The summed E-state index contributed by atoms with van der Waals surface area (Å²) >= 11 is 5.65. The van der Waals surface area contributed by atoms with Crippen LogP contribution in [0, 0.1) is 11.7 Å². The molecule has 0 aliphatic heterocycles. The van der Waals surface area contributed by atoms with Crippen LogP contribution in [0.15, 0.2) is 18.2 Å². The fourth-order valence-electron chi connectivity index (χ4n) is 1.40. The van der Waals surface area contributed by atoms with Crippen molar-refractivity contribution in [1.82, 2.24) is 5.32 Å². The van der Waals surface area contributed by atoms with E-state index in [2.05, 4.69) is 5.32 Å². The van der Waals surface area contributed by atoms with Crippen molar-refractivity contribution in [3.63, 3.8) is 0 Å². The average Bonchev–Trinajstić information content (AvgIpc) is 2.32. The van der Waals surface area contributed by atoms with Crippen LogP contribution in [-0.4, -0.2) is 18.0 Å². The highest BCUT2D eigenvalue weighted by Gasteiger charge is 2.29. The molecule has 0 spiro atoms. The third-order valence-electron chi connectivity index (χ3n) is 3.28. The van der Waals surface area contributed by atoms with Crippen molar-refractivity contribution in [2.75, 3.05) is 6.54 Å². The Labute approximate surface area is 112 Å². The van der Waals surface area contributed by atoms with Crippen LogP contribution < -0.4 is 11.1 Å². The van der Waals surface area contributed by atoms with Gasteiger partial charge in [0.2, 0.25) is 0 Å². The number of halogens is 2. The first-order valence-corrected chi connectivity index (χ1v) is 6.15. The average molecular weight is 273 g/mol. The summed E-state index contributed by atoms with van der Waals surface area (Å²) in [7, 11) is 0. The Morgan fingerprint density at radius 2 is 2.17 bits per heavy atom. The van der Waals surface area contributed by atoms with Crippen molar-refractivity contribution in [3.05, 3.63) is 34.6 Å². The highest BCUT2D eigenvalue weighted by molar-refractivity contribution is 6.31. The maximum absolute atomic E-state index is 13.0. The SMILES string of the molecule is CC(C)C(C)(CN)NC(=O)c1ccc(F)c(Cl)c1. The van der Waals surface area contributed by atoms with Gasteiger partial charge in [-0.05, 0) is 31.0 Å². The van der Waals surface area contributed by atoms with E-state index in [1.54, 1.807) is 0 Å². The number of benzene rings is 1. The molecule has 0 bridgehead atoms. The van der Waals surface area contributed by atoms with E-state index < -0.39 is 11.4 Å². The fraction of sp³-hybridized carbons (Fsp3) is 0.462. The number of amides is 1. The first-order valence-electron chi connectivity index (χ1n) is 5.78. The molecule has 1 unspecified atom stereocenters. The molecule has 1 aromatic carbocycles. The van der Waals surface area contributed by atoms with Crippen LogP contribution in [0.3, 0.4) is 0 Å². The molecule has 3 N–H and O–H groups in total. The Balaban J connectivity index is 2.91. The molecule has 18 heavy (non-hydrogen) atoms. The Kier molecular flexibility index (Phi) is 4.71. The summed E-state index contributed by atoms with van der Waals surface area (Å²) in [6.07, 6.45) is 0. The van der Waals surface area contributed by atoms with Crippen molar-refractivity contribution in [3.8, 4) is 0 Å². The van der Waals surface area contributed by atoms with Crippen LogP contribution in [0.25, 0.3) is 0 Å². The zero-order valence-corrected chi connectivity index (χ0v) is 11.5. The number of hydrogen-bond donors (Lipinski definition) is 2. The predicted octanol–water partition coefficient (Wildman–Crippen LogP) is 2.58. The lowest BCUT2D eigenvalue weighted by Gasteiger charge is -2.33. The summed E-state index contributed by atoms with van der Waals surface area (Å²) in [6, 6.07) is 3.88. The summed E-state index contributed by atoms with van der Waals surface area (Å²) in [5.41, 5.74) is 5.51. The molecule has 0 heterocycles. The standard InChI is InChI=1S/C13H18ClFN2O/c1-8(2)13(3,7-16)17-12(18)9-4-5-11(15)10(14)6-9/h4-6,8H,7,16H2,1-3H3,(H,17,18). The molecule has 3 nitrogen and oxygen atoms in total. The molecule has 0 saturated heterocycles. The molecule has 1 aromatic rings. The maximum Gasteiger partial charge on any atom is 0.251 e. The number of carbonyl (C=O) groups excluding carboxylic acids is 1. The van der Waals surface area contributed by atoms with Gasteiger partial charge in [-0.15, -0.1) is 0 Å². The molecular formula is C13H18ClFN2O. The molecule has 1 amide bonds. The number of nitrogens with one attached hydrogen (secondary N) is 1. The lowest BCUT2D eigenvalue weighted by molar-refractivity contribution is 0.0883. The minimum atomic E-state index is -0.543. The third-order valence-corrected chi connectivity index (χ3v) is 3.57. The number of carbonyl (C=O) groups is 1. The van der Waals surface area contributed by atoms with Gasteiger partial charge in [0.05, 0.1) is 10.6 Å². The van der Waals surface area contributed by atoms with Crippen molar-refractivity contribution in [1.29, 1.82) is 0 Å². The molecule has 100 valence electrons. The van der Waals surface area contributed by atoms with Crippen molar-refractivity contribution in [2.45, 2.75) is 26.3 Å². The number of rotatable bonds is 4. The summed E-state index contributed by atoms with van der Waals surface area (Å²) in [6.45, 7) is 6.15. The summed E-state index contributed by atoms with van der Waals surface area (Å²) in [5, 5.41) is 2.79. The van der Waals surface area contributed by atoms with E-state index in [-0.39, 0.29) is 16.8 Å². The van der Waals surface area contributed by atoms with Gasteiger partial charge in [-0.1, -0.05) is 25.4 Å². The number of nitrogens with two attached hydrogens (primary N) is 1. The van der Waals surface area contributed by atoms with Crippen LogP contribution >= 0.6 is 11.6 Å². The van der Waals surface area contributed by atoms with Crippen LogP contribution in [0.2, 0.25) is 5.02 Å². The Morgan fingerprint density at radius 3 is 2.61 bits per heavy atom. The first-order chi connectivity index (χ1) is 8.30. The molecule has 0 radical (unpaired) electrons. The molecule has 0 fully saturated rings. The second-order valence-electron chi connectivity index (χ2n) is 4.86. The first kappa shape index (κ1) is 14.9. The summed E-state index contributed by atoms with van der Waals surface area (Å²) < 4.78 is 13.0. The molecule has 1 rings (SSSR count). The molecule has 0 aliphatic carbocycles. The molecule has 0 saturated carbocycles. The smallest absolute Gasteiger partial charge is 0.251 e. The van der Waals surface area contributed by atoms with Gasteiger partial charge in [-0.3, -0.25) is 4.79 Å². The summed E-state index contributed by atoms with van der Waals surface area (Å²) in [5.74, 6) is -0.667. The molecular weight excluding hydrogens is 255 g/mol. The van der Waals surface area contributed by atoms with Gasteiger partial charge >= 0.3 is 0 Å². The zero-order valence-electron chi connectivity index (χ0n) is 10.8. The van der Waals surface area contributed by atoms with Crippen molar-refractivity contribution in [2.24, 2.45) is 11.7 Å². The lowest BCUT2D eigenvalue weighted by atomic mass is 9.88. The van der Waals surface area contributed by atoms with Gasteiger partial charge in [-0.25, -0.2) is 4.39 Å². The molecule has 0 aliphatic rings. The van der Waals surface area contributed by atoms with Gasteiger partial charge in [0.1, 0.15) is 5.82 Å². The topological polar surface area (TPSA) is 55.1 Å². The monoisotopic (exact) mass is 272 g/mol. The zero-order chi connectivity index (χ0) is 13.9. The minimum Gasteiger partial charge on any atom is -0.345 e. The van der Waals surface area contributed by atoms with Crippen LogP contribution in [0.1, 0.15) is 31.1 Å². The van der Waals surface area contributed by atoms with E-state index >= 15 is 0 Å². The van der Waals surface area contributed by atoms with Crippen LogP contribution in [-0.2, 0) is 0 Å².